The van der Waals surface area contributed by atoms with E-state index in [-0.39, 0.29) is 11.1 Å². The van der Waals surface area contributed by atoms with Crippen LogP contribution in [0, 0.1) is 6.92 Å². The van der Waals surface area contributed by atoms with Crippen LogP contribution in [0.15, 0.2) is 30.3 Å². The minimum absolute atomic E-state index is 0.106. The fraction of sp³-hybridized carbons (Fsp3) is 0.250. The van der Waals surface area contributed by atoms with Crippen LogP contribution in [0.1, 0.15) is 44.6 Å². The monoisotopic (exact) mass is 287 g/mol. The summed E-state index contributed by atoms with van der Waals surface area (Å²) in [5, 5.41) is 18.7. The molecule has 0 spiro atoms. The van der Waals surface area contributed by atoms with Gasteiger partial charge in [0.1, 0.15) is 0 Å². The largest absolute Gasteiger partial charge is 0.478 e. The summed E-state index contributed by atoms with van der Waals surface area (Å²) in [5.74, 6) is -2.40. The molecule has 0 amide bonds. The van der Waals surface area contributed by atoms with E-state index in [1.807, 2.05) is 37.3 Å². The summed E-state index contributed by atoms with van der Waals surface area (Å²) in [6.07, 6.45) is 0.393. The number of carboxylic acids is 2. The number of nitrogens with zero attached hydrogens (tertiary/aromatic N) is 1. The van der Waals surface area contributed by atoms with E-state index in [0.717, 1.165) is 5.56 Å². The lowest BCUT2D eigenvalue weighted by molar-refractivity contribution is 0.0651. The van der Waals surface area contributed by atoms with Gasteiger partial charge in [0.2, 0.25) is 0 Å². The average Bonchev–Trinajstić information content (AvgIpc) is 2.72. The summed E-state index contributed by atoms with van der Waals surface area (Å²) >= 11 is 0. The molecule has 5 nitrogen and oxygen atoms in total. The summed E-state index contributed by atoms with van der Waals surface area (Å²) in [7, 11) is 0. The third-order valence-corrected chi connectivity index (χ3v) is 3.59. The molecule has 1 aromatic heterocycles. The van der Waals surface area contributed by atoms with Gasteiger partial charge in [-0.15, -0.1) is 0 Å². The molecule has 1 aromatic carbocycles. The molecule has 2 rings (SSSR count). The van der Waals surface area contributed by atoms with E-state index >= 15 is 0 Å². The smallest absolute Gasteiger partial charge is 0.338 e. The van der Waals surface area contributed by atoms with Crippen molar-refractivity contribution >= 4 is 11.9 Å². The second-order valence-electron chi connectivity index (χ2n) is 4.80. The van der Waals surface area contributed by atoms with E-state index in [1.54, 1.807) is 11.5 Å². The molecule has 0 atom stereocenters. The van der Waals surface area contributed by atoms with Gasteiger partial charge in [0, 0.05) is 24.4 Å². The number of aromatic nitrogens is 1. The topological polar surface area (TPSA) is 79.5 Å². The minimum Gasteiger partial charge on any atom is -0.478 e. The van der Waals surface area contributed by atoms with Gasteiger partial charge in [-0.25, -0.2) is 9.59 Å². The zero-order valence-electron chi connectivity index (χ0n) is 12.0. The summed E-state index contributed by atoms with van der Waals surface area (Å²) in [4.78, 5) is 22.9. The van der Waals surface area contributed by atoms with Crippen molar-refractivity contribution in [2.75, 3.05) is 0 Å². The highest BCUT2D eigenvalue weighted by Gasteiger charge is 2.28. The number of benzene rings is 1. The first-order valence-electron chi connectivity index (χ1n) is 6.69. The van der Waals surface area contributed by atoms with Gasteiger partial charge in [0.15, 0.2) is 0 Å². The van der Waals surface area contributed by atoms with Crippen molar-refractivity contribution in [3.8, 4) is 0 Å². The van der Waals surface area contributed by atoms with Crippen LogP contribution in [0.5, 0.6) is 0 Å². The maximum absolute atomic E-state index is 11.5. The fourth-order valence-electron chi connectivity index (χ4n) is 2.69. The Balaban J connectivity index is 2.65. The highest BCUT2D eigenvalue weighted by Crippen LogP contribution is 2.25. The number of hydrogen-bond donors (Lipinski definition) is 2. The molecule has 2 N–H and O–H groups in total. The Morgan fingerprint density at radius 1 is 1.05 bits per heavy atom. The molecule has 21 heavy (non-hydrogen) atoms. The maximum Gasteiger partial charge on any atom is 0.338 e. The van der Waals surface area contributed by atoms with E-state index in [1.165, 1.54) is 0 Å². The molecule has 0 unspecified atom stereocenters. The van der Waals surface area contributed by atoms with Gasteiger partial charge in [-0.2, -0.15) is 0 Å². The van der Waals surface area contributed by atoms with Crippen molar-refractivity contribution in [2.24, 2.45) is 0 Å². The average molecular weight is 287 g/mol. The van der Waals surface area contributed by atoms with Crippen molar-refractivity contribution in [3.63, 3.8) is 0 Å². The van der Waals surface area contributed by atoms with Gasteiger partial charge in [0.25, 0.3) is 0 Å². The van der Waals surface area contributed by atoms with Gasteiger partial charge >= 0.3 is 11.9 Å². The van der Waals surface area contributed by atoms with Gasteiger partial charge in [0.05, 0.1) is 11.1 Å². The van der Waals surface area contributed by atoms with Gasteiger partial charge in [-0.05, 0) is 19.4 Å². The summed E-state index contributed by atoms with van der Waals surface area (Å²) < 4.78 is 1.76. The van der Waals surface area contributed by atoms with Gasteiger partial charge < -0.3 is 14.8 Å². The van der Waals surface area contributed by atoms with Crippen molar-refractivity contribution in [3.05, 3.63) is 58.4 Å². The van der Waals surface area contributed by atoms with Gasteiger partial charge in [-0.3, -0.25) is 0 Å². The lowest BCUT2D eigenvalue weighted by Crippen LogP contribution is -2.09. The zero-order valence-corrected chi connectivity index (χ0v) is 12.0. The van der Waals surface area contributed by atoms with Crippen LogP contribution in [0.2, 0.25) is 0 Å². The molecule has 0 saturated heterocycles. The van der Waals surface area contributed by atoms with Crippen LogP contribution in [0.4, 0.5) is 0 Å². The predicted octanol–water partition coefficient (Wildman–Crippen LogP) is 2.80. The van der Waals surface area contributed by atoms with Crippen molar-refractivity contribution in [2.45, 2.75) is 26.8 Å². The molecule has 2 aromatic rings. The van der Waals surface area contributed by atoms with Crippen LogP contribution in [-0.4, -0.2) is 26.7 Å². The van der Waals surface area contributed by atoms with E-state index in [0.29, 0.717) is 24.4 Å². The Morgan fingerprint density at radius 2 is 1.62 bits per heavy atom. The fourth-order valence-corrected chi connectivity index (χ4v) is 2.69. The standard InChI is InChI=1S/C16H17NO4/c1-3-17-10(2)13(15(18)19)14(16(20)21)12(17)9-11-7-5-4-6-8-11/h4-8H,3,9H2,1-2H3,(H,18,19)(H,20,21). The van der Waals surface area contributed by atoms with Crippen LogP contribution in [0.25, 0.3) is 0 Å². The van der Waals surface area contributed by atoms with Crippen molar-refractivity contribution in [1.29, 1.82) is 0 Å². The molecule has 5 heteroatoms. The van der Waals surface area contributed by atoms with Gasteiger partial charge in [-0.1, -0.05) is 30.3 Å². The lowest BCUT2D eigenvalue weighted by Gasteiger charge is -2.09. The number of aromatic carboxylic acids is 2. The summed E-state index contributed by atoms with van der Waals surface area (Å²) in [6.45, 7) is 4.05. The van der Waals surface area contributed by atoms with Crippen LogP contribution in [-0.2, 0) is 13.0 Å². The second kappa shape index (κ2) is 5.83. The molecule has 110 valence electrons. The van der Waals surface area contributed by atoms with E-state index in [2.05, 4.69) is 0 Å². The first kappa shape index (κ1) is 14.8. The Bertz CT molecular complexity index is 686. The third-order valence-electron chi connectivity index (χ3n) is 3.59. The van der Waals surface area contributed by atoms with E-state index < -0.39 is 11.9 Å². The molecule has 0 saturated carbocycles. The quantitative estimate of drug-likeness (QED) is 0.886. The Hall–Kier alpha value is -2.56. The Kier molecular flexibility index (Phi) is 4.12. The molecule has 0 bridgehead atoms. The van der Waals surface area contributed by atoms with E-state index in [4.69, 9.17) is 0 Å². The number of rotatable bonds is 5. The first-order valence-corrected chi connectivity index (χ1v) is 6.69. The van der Waals surface area contributed by atoms with Crippen LogP contribution < -0.4 is 0 Å². The van der Waals surface area contributed by atoms with Crippen LogP contribution in [0.3, 0.4) is 0 Å². The molecule has 1 heterocycles. The summed E-state index contributed by atoms with van der Waals surface area (Å²) in [6, 6.07) is 9.43. The first-order chi connectivity index (χ1) is 9.97. The Morgan fingerprint density at radius 3 is 2.10 bits per heavy atom. The molecular formula is C16H17NO4. The second-order valence-corrected chi connectivity index (χ2v) is 4.80. The number of hydrogen-bond acceptors (Lipinski definition) is 2. The number of carbonyl (C=O) groups is 2. The predicted molar refractivity (Wildman–Crippen MR) is 78.0 cm³/mol. The molecule has 0 radical (unpaired) electrons. The Labute approximate surface area is 122 Å². The molecule has 0 aliphatic rings. The summed E-state index contributed by atoms with van der Waals surface area (Å²) in [5.41, 5.74) is 1.74. The normalized spacial score (nSPS) is 10.6. The lowest BCUT2D eigenvalue weighted by atomic mass is 10.0. The highest BCUT2D eigenvalue weighted by molar-refractivity contribution is 6.04. The SMILES string of the molecule is CCn1c(C)c(C(=O)O)c(C(=O)O)c1Cc1ccccc1. The van der Waals surface area contributed by atoms with Crippen molar-refractivity contribution in [1.82, 2.24) is 4.57 Å². The molecule has 0 aliphatic carbocycles. The maximum atomic E-state index is 11.5. The molecule has 0 aliphatic heterocycles. The van der Waals surface area contributed by atoms with E-state index in [9.17, 15) is 19.8 Å². The zero-order chi connectivity index (χ0) is 15.6. The van der Waals surface area contributed by atoms with Crippen LogP contribution >= 0.6 is 0 Å². The third kappa shape index (κ3) is 2.67. The minimum atomic E-state index is -1.20. The molecule has 0 fully saturated rings. The highest BCUT2D eigenvalue weighted by atomic mass is 16.4. The molecular weight excluding hydrogens is 270 g/mol. The van der Waals surface area contributed by atoms with Crippen molar-refractivity contribution < 1.29 is 19.8 Å². The number of carboxylic acid groups (broad SMARTS) is 2.